The average molecular weight is 709 g/mol. The summed E-state index contributed by atoms with van der Waals surface area (Å²) < 4.78 is 8.62. The van der Waals surface area contributed by atoms with Gasteiger partial charge in [0.05, 0.1) is 16.7 Å². The van der Waals surface area contributed by atoms with E-state index in [-0.39, 0.29) is 0 Å². The van der Waals surface area contributed by atoms with Crippen LogP contribution in [0.5, 0.6) is 5.75 Å². The van der Waals surface area contributed by atoms with Crippen molar-refractivity contribution >= 4 is 39.9 Å². The first-order valence-electron chi connectivity index (χ1n) is 18.5. The standard InChI is InChI=1S/C50H36N2OSi/c1-4-15-36(16-5-1)38-19-12-24-43(31-38)54(42-22-8-3-9-23-42,44-25-13-20-39(32-44)37-17-6-2-7-18-37)45-26-14-21-40(33-45)41-29-30-48-49(34-41)53-35-50-51-46-27-10-11-28-47(46)52(48)50/h1-34H,35H2. The molecule has 0 radical (unpaired) electrons. The first-order valence-corrected chi connectivity index (χ1v) is 20.5. The Morgan fingerprint density at radius 1 is 0.407 bits per heavy atom. The van der Waals surface area contributed by atoms with Crippen LogP contribution in [-0.2, 0) is 6.61 Å². The van der Waals surface area contributed by atoms with Gasteiger partial charge in [0.25, 0.3) is 0 Å². The van der Waals surface area contributed by atoms with Crippen LogP contribution in [0.25, 0.3) is 50.1 Å². The summed E-state index contributed by atoms with van der Waals surface area (Å²) in [5.41, 5.74) is 10.2. The van der Waals surface area contributed by atoms with Gasteiger partial charge in [-0.05, 0) is 78.4 Å². The number of nitrogens with zero attached hydrogens (tertiary/aromatic N) is 2. The van der Waals surface area contributed by atoms with Gasteiger partial charge in [-0.25, -0.2) is 4.98 Å². The SMILES string of the molecule is c1ccc(-c2cccc([Si](c3ccccc3)(c3cccc(-c4ccccc4)c3)c3cccc(-c4ccc5c(c4)OCc4nc6ccccc6n4-5)c3)c2)cc1. The van der Waals surface area contributed by atoms with E-state index in [0.717, 1.165) is 39.4 Å². The van der Waals surface area contributed by atoms with E-state index in [9.17, 15) is 0 Å². The van der Waals surface area contributed by atoms with Crippen molar-refractivity contribution in [1.29, 1.82) is 0 Å². The largest absolute Gasteiger partial charge is 0.483 e. The van der Waals surface area contributed by atoms with Gasteiger partial charge in [-0.3, -0.25) is 4.57 Å². The second kappa shape index (κ2) is 13.3. The van der Waals surface area contributed by atoms with Gasteiger partial charge in [0.1, 0.15) is 12.4 Å². The molecule has 54 heavy (non-hydrogen) atoms. The number of aromatic nitrogens is 2. The van der Waals surface area contributed by atoms with Crippen molar-refractivity contribution in [3.05, 3.63) is 212 Å². The zero-order chi connectivity index (χ0) is 35.9. The molecule has 0 spiro atoms. The molecule has 0 saturated heterocycles. The van der Waals surface area contributed by atoms with Crippen LogP contribution in [0.15, 0.2) is 206 Å². The van der Waals surface area contributed by atoms with E-state index in [2.05, 4.69) is 205 Å². The van der Waals surface area contributed by atoms with E-state index in [1.165, 1.54) is 43.0 Å². The van der Waals surface area contributed by atoms with Crippen LogP contribution in [0.2, 0.25) is 0 Å². The summed E-state index contributed by atoms with van der Waals surface area (Å²) in [5.74, 6) is 1.79. The predicted octanol–water partition coefficient (Wildman–Crippen LogP) is 9.30. The molecule has 0 amide bonds. The molecule has 8 aromatic carbocycles. The Balaban J connectivity index is 1.19. The molecule has 1 aliphatic rings. The number of rotatable bonds is 7. The van der Waals surface area contributed by atoms with Crippen LogP contribution < -0.4 is 25.5 Å². The fraction of sp³-hybridized carbons (Fsp3) is 0.0200. The Morgan fingerprint density at radius 3 is 1.46 bits per heavy atom. The first-order chi connectivity index (χ1) is 26.8. The monoisotopic (exact) mass is 708 g/mol. The fourth-order valence-corrected chi connectivity index (χ4v) is 13.2. The highest BCUT2D eigenvalue weighted by Crippen LogP contribution is 2.36. The van der Waals surface area contributed by atoms with E-state index in [1.807, 2.05) is 6.07 Å². The van der Waals surface area contributed by atoms with Crippen molar-refractivity contribution in [2.45, 2.75) is 6.61 Å². The lowest BCUT2D eigenvalue weighted by Crippen LogP contribution is -2.74. The zero-order valence-electron chi connectivity index (χ0n) is 29.6. The van der Waals surface area contributed by atoms with Crippen molar-refractivity contribution in [1.82, 2.24) is 9.55 Å². The molecule has 9 aromatic rings. The summed E-state index contributed by atoms with van der Waals surface area (Å²) in [6, 6.07) is 75.4. The third-order valence-electron chi connectivity index (χ3n) is 10.8. The summed E-state index contributed by atoms with van der Waals surface area (Å²) in [5, 5.41) is 5.34. The molecule has 256 valence electrons. The Kier molecular flexibility index (Phi) is 7.89. The normalized spacial score (nSPS) is 12.1. The summed E-state index contributed by atoms with van der Waals surface area (Å²) in [6.07, 6.45) is 0. The second-order valence-corrected chi connectivity index (χ2v) is 17.7. The van der Waals surface area contributed by atoms with Crippen LogP contribution in [0, 0.1) is 0 Å². The molecule has 0 N–H and O–H groups in total. The molecule has 2 heterocycles. The lowest BCUT2D eigenvalue weighted by Gasteiger charge is -2.35. The van der Waals surface area contributed by atoms with E-state index in [1.54, 1.807) is 0 Å². The molecule has 0 saturated carbocycles. The van der Waals surface area contributed by atoms with Crippen LogP contribution in [0.4, 0.5) is 0 Å². The first kappa shape index (κ1) is 31.9. The predicted molar refractivity (Wildman–Crippen MR) is 225 cm³/mol. The van der Waals surface area contributed by atoms with Gasteiger partial charge in [0.15, 0.2) is 13.9 Å². The van der Waals surface area contributed by atoms with Gasteiger partial charge in [-0.1, -0.05) is 182 Å². The molecule has 0 aliphatic carbocycles. The third kappa shape index (κ3) is 5.39. The van der Waals surface area contributed by atoms with E-state index < -0.39 is 8.07 Å². The minimum atomic E-state index is -2.93. The van der Waals surface area contributed by atoms with Crippen LogP contribution in [0.1, 0.15) is 5.82 Å². The number of fused-ring (bicyclic) bond motifs is 5. The van der Waals surface area contributed by atoms with Gasteiger partial charge < -0.3 is 4.74 Å². The lowest BCUT2D eigenvalue weighted by atomic mass is 10.0. The quantitative estimate of drug-likeness (QED) is 0.122. The number of benzene rings is 8. The summed E-state index contributed by atoms with van der Waals surface area (Å²) in [6.45, 7) is 0.435. The maximum absolute atomic E-state index is 6.38. The van der Waals surface area contributed by atoms with Gasteiger partial charge in [0.2, 0.25) is 0 Å². The highest BCUT2D eigenvalue weighted by atomic mass is 28.3. The Hall–Kier alpha value is -6.75. The van der Waals surface area contributed by atoms with Crippen molar-refractivity contribution < 1.29 is 4.74 Å². The minimum Gasteiger partial charge on any atom is -0.483 e. The van der Waals surface area contributed by atoms with Gasteiger partial charge in [-0.15, -0.1) is 0 Å². The highest BCUT2D eigenvalue weighted by molar-refractivity contribution is 7.20. The van der Waals surface area contributed by atoms with E-state index in [4.69, 9.17) is 9.72 Å². The topological polar surface area (TPSA) is 27.1 Å². The molecule has 0 bridgehead atoms. The van der Waals surface area contributed by atoms with Crippen LogP contribution >= 0.6 is 0 Å². The fourth-order valence-electron chi connectivity index (χ4n) is 8.32. The smallest absolute Gasteiger partial charge is 0.179 e. The van der Waals surface area contributed by atoms with Gasteiger partial charge >= 0.3 is 0 Å². The van der Waals surface area contributed by atoms with Crippen molar-refractivity contribution in [2.24, 2.45) is 0 Å². The third-order valence-corrected chi connectivity index (χ3v) is 15.6. The molecular weight excluding hydrogens is 673 g/mol. The molecule has 1 aliphatic heterocycles. The summed E-state index contributed by atoms with van der Waals surface area (Å²) >= 11 is 0. The zero-order valence-corrected chi connectivity index (χ0v) is 30.6. The van der Waals surface area contributed by atoms with Crippen molar-refractivity contribution in [3.8, 4) is 44.8 Å². The van der Waals surface area contributed by atoms with Crippen molar-refractivity contribution in [3.63, 3.8) is 0 Å². The Bertz CT molecular complexity index is 2690. The summed E-state index contributed by atoms with van der Waals surface area (Å²) in [7, 11) is -2.93. The van der Waals surface area contributed by atoms with Gasteiger partial charge in [-0.2, -0.15) is 0 Å². The average Bonchev–Trinajstić information content (AvgIpc) is 3.65. The number of hydrogen-bond acceptors (Lipinski definition) is 2. The number of hydrogen-bond donors (Lipinski definition) is 0. The molecular formula is C50H36N2OSi. The summed E-state index contributed by atoms with van der Waals surface area (Å²) in [4.78, 5) is 4.85. The molecule has 0 fully saturated rings. The van der Waals surface area contributed by atoms with E-state index >= 15 is 0 Å². The number of ether oxygens (including phenoxy) is 1. The maximum Gasteiger partial charge on any atom is 0.179 e. The molecule has 0 unspecified atom stereocenters. The molecule has 0 atom stereocenters. The van der Waals surface area contributed by atoms with Crippen LogP contribution in [0.3, 0.4) is 0 Å². The lowest BCUT2D eigenvalue weighted by molar-refractivity contribution is 0.281. The van der Waals surface area contributed by atoms with Crippen molar-refractivity contribution in [2.75, 3.05) is 0 Å². The molecule has 10 rings (SSSR count). The molecule has 1 aromatic heterocycles. The van der Waals surface area contributed by atoms with Gasteiger partial charge in [0, 0.05) is 0 Å². The second-order valence-electron chi connectivity index (χ2n) is 13.9. The maximum atomic E-state index is 6.38. The Morgan fingerprint density at radius 2 is 0.870 bits per heavy atom. The minimum absolute atomic E-state index is 0.435. The molecule has 4 heteroatoms. The van der Waals surface area contributed by atoms with E-state index in [0.29, 0.717) is 6.61 Å². The number of para-hydroxylation sites is 2. The Labute approximate surface area is 316 Å². The number of imidazole rings is 1. The highest BCUT2D eigenvalue weighted by Gasteiger charge is 2.42. The molecule has 3 nitrogen and oxygen atoms in total. The van der Waals surface area contributed by atoms with Crippen LogP contribution in [-0.4, -0.2) is 17.6 Å².